The molecular formula is C8H11Br2NO2. The molecule has 0 bridgehead atoms. The number of carbonyl (C=O) groups is 1. The van der Waals surface area contributed by atoms with Crippen LogP contribution in [-0.2, 0) is 4.74 Å². The van der Waals surface area contributed by atoms with E-state index < -0.39 is 0 Å². The minimum Gasteiger partial charge on any atom is -0.450 e. The Balaban J connectivity index is 1.90. The molecule has 0 aromatic carbocycles. The van der Waals surface area contributed by atoms with Gasteiger partial charge in [0.2, 0.25) is 0 Å². The largest absolute Gasteiger partial charge is 0.450 e. The van der Waals surface area contributed by atoms with Crippen LogP contribution in [0.2, 0.25) is 0 Å². The number of hydrogen-bond acceptors (Lipinski definition) is 2. The Hall–Kier alpha value is 0.230. The zero-order valence-electron chi connectivity index (χ0n) is 7.24. The van der Waals surface area contributed by atoms with E-state index in [2.05, 4.69) is 31.9 Å². The maximum atomic E-state index is 11.3. The molecule has 1 amide bonds. The van der Waals surface area contributed by atoms with Crippen molar-refractivity contribution < 1.29 is 9.53 Å². The average Bonchev–Trinajstić information content (AvgIpc) is 2.03. The van der Waals surface area contributed by atoms with E-state index in [1.807, 2.05) is 6.92 Å². The van der Waals surface area contributed by atoms with E-state index >= 15 is 0 Å². The summed E-state index contributed by atoms with van der Waals surface area (Å²) in [5.74, 6) is 0.619. The fraction of sp³-hybridized carbons (Fsp3) is 0.875. The summed E-state index contributed by atoms with van der Waals surface area (Å²) in [6.45, 7) is 3.12. The van der Waals surface area contributed by atoms with Crippen molar-refractivity contribution in [1.29, 1.82) is 0 Å². The van der Waals surface area contributed by atoms with E-state index in [4.69, 9.17) is 4.74 Å². The van der Waals surface area contributed by atoms with Crippen LogP contribution in [0.1, 0.15) is 6.92 Å². The Morgan fingerprint density at radius 1 is 1.54 bits per heavy atom. The molecule has 5 heteroatoms. The Labute approximate surface area is 94.1 Å². The summed E-state index contributed by atoms with van der Waals surface area (Å²) in [6.07, 6.45) is -0.174. The third kappa shape index (κ3) is 1.31. The van der Waals surface area contributed by atoms with Gasteiger partial charge in [-0.25, -0.2) is 4.79 Å². The summed E-state index contributed by atoms with van der Waals surface area (Å²) < 4.78 is 4.93. The highest BCUT2D eigenvalue weighted by Crippen LogP contribution is 2.49. The summed E-state index contributed by atoms with van der Waals surface area (Å²) in [4.78, 5) is 14.0. The van der Waals surface area contributed by atoms with Crippen molar-refractivity contribution in [1.82, 2.24) is 4.90 Å². The highest BCUT2D eigenvalue weighted by atomic mass is 79.9. The number of amides is 1. The van der Waals surface area contributed by atoms with Gasteiger partial charge in [-0.15, -0.1) is 0 Å². The third-order valence-electron chi connectivity index (χ3n) is 2.75. The molecule has 0 aromatic rings. The van der Waals surface area contributed by atoms with Crippen LogP contribution in [-0.4, -0.2) is 39.8 Å². The van der Waals surface area contributed by atoms with Crippen molar-refractivity contribution in [3.8, 4) is 0 Å². The number of alkyl halides is 2. The maximum absolute atomic E-state index is 11.3. The highest BCUT2D eigenvalue weighted by Gasteiger charge is 2.60. The lowest BCUT2D eigenvalue weighted by Crippen LogP contribution is -2.75. The van der Waals surface area contributed by atoms with Crippen LogP contribution >= 0.6 is 31.9 Å². The van der Waals surface area contributed by atoms with Gasteiger partial charge in [-0.1, -0.05) is 31.9 Å². The second-order valence-corrected chi connectivity index (χ2v) is 5.51. The first kappa shape index (κ1) is 9.77. The van der Waals surface area contributed by atoms with Gasteiger partial charge in [0.05, 0.1) is 12.6 Å². The number of nitrogens with zero attached hydrogens (tertiary/aromatic N) is 1. The van der Waals surface area contributed by atoms with Crippen molar-refractivity contribution >= 4 is 38.0 Å². The van der Waals surface area contributed by atoms with Gasteiger partial charge in [0.25, 0.3) is 0 Å². The molecule has 1 saturated carbocycles. The first-order chi connectivity index (χ1) is 6.16. The van der Waals surface area contributed by atoms with Crippen LogP contribution in [0.4, 0.5) is 4.79 Å². The van der Waals surface area contributed by atoms with Gasteiger partial charge >= 0.3 is 6.09 Å². The molecule has 13 heavy (non-hydrogen) atoms. The predicted octanol–water partition coefficient (Wildman–Crippen LogP) is 1.98. The average molecular weight is 313 g/mol. The summed E-state index contributed by atoms with van der Waals surface area (Å²) in [5.41, 5.74) is 0. The molecule has 2 fully saturated rings. The van der Waals surface area contributed by atoms with Gasteiger partial charge in [0.1, 0.15) is 0 Å². The van der Waals surface area contributed by atoms with E-state index in [-0.39, 0.29) is 6.09 Å². The molecule has 0 radical (unpaired) electrons. The molecule has 1 aliphatic heterocycles. The summed E-state index contributed by atoms with van der Waals surface area (Å²) in [5, 5.41) is 0. The van der Waals surface area contributed by atoms with Crippen LogP contribution in [0, 0.1) is 5.92 Å². The van der Waals surface area contributed by atoms with Crippen LogP contribution in [0.5, 0.6) is 0 Å². The van der Waals surface area contributed by atoms with Gasteiger partial charge in [0.15, 0.2) is 0 Å². The number of carbonyl (C=O) groups excluding carboxylic acids is 1. The minimum absolute atomic E-state index is 0.174. The van der Waals surface area contributed by atoms with E-state index in [1.165, 1.54) is 0 Å². The molecule has 0 aromatic heterocycles. The number of ether oxygens (including phenoxy) is 1. The number of hydrogen-bond donors (Lipinski definition) is 0. The van der Waals surface area contributed by atoms with E-state index in [9.17, 15) is 4.79 Å². The van der Waals surface area contributed by atoms with Crippen molar-refractivity contribution in [3.63, 3.8) is 0 Å². The monoisotopic (exact) mass is 311 g/mol. The van der Waals surface area contributed by atoms with Gasteiger partial charge in [-0.05, 0) is 6.92 Å². The summed E-state index contributed by atoms with van der Waals surface area (Å²) in [6, 6.07) is 0.350. The Kier molecular flexibility index (Phi) is 2.57. The quantitative estimate of drug-likeness (QED) is 0.693. The van der Waals surface area contributed by atoms with Crippen LogP contribution < -0.4 is 0 Å². The van der Waals surface area contributed by atoms with Crippen LogP contribution in [0.25, 0.3) is 0 Å². The highest BCUT2D eigenvalue weighted by molar-refractivity contribution is 9.12. The van der Waals surface area contributed by atoms with Gasteiger partial charge in [-0.2, -0.15) is 0 Å². The van der Waals surface area contributed by atoms with E-state index in [0.717, 1.165) is 6.54 Å². The SMILES string of the molecule is CCOC(=O)N1C[C@@H]2[C@H](Br)[C@@H](Br)[C@@H]21. The number of rotatable bonds is 1. The maximum Gasteiger partial charge on any atom is 0.410 e. The summed E-state index contributed by atoms with van der Waals surface area (Å²) >= 11 is 7.12. The van der Waals surface area contributed by atoms with Gasteiger partial charge in [-0.3, -0.25) is 0 Å². The lowest BCUT2D eigenvalue weighted by molar-refractivity contribution is -0.0345. The predicted molar refractivity (Wildman–Crippen MR) is 56.4 cm³/mol. The fourth-order valence-corrected chi connectivity index (χ4v) is 3.79. The molecule has 1 heterocycles. The van der Waals surface area contributed by atoms with Crippen molar-refractivity contribution in [2.75, 3.05) is 13.2 Å². The van der Waals surface area contributed by atoms with E-state index in [0.29, 0.717) is 28.2 Å². The molecule has 74 valence electrons. The first-order valence-electron chi connectivity index (χ1n) is 4.38. The second-order valence-electron chi connectivity index (χ2n) is 3.39. The number of piperidine rings is 1. The first-order valence-corrected chi connectivity index (χ1v) is 6.21. The molecule has 2 rings (SSSR count). The standard InChI is InChI=1S/C8H11Br2NO2/c1-2-13-8(12)11-3-4-5(9)6(10)7(4)11/h4-7H,2-3H2,1H3/t4-,5+,6-,7-/m1/s1. The zero-order chi connectivity index (χ0) is 9.59. The normalized spacial score (nSPS) is 41.6. The molecule has 0 unspecified atom stereocenters. The number of likely N-dealkylation sites (tertiary alicyclic amines) is 1. The van der Waals surface area contributed by atoms with Crippen molar-refractivity contribution in [3.05, 3.63) is 0 Å². The Morgan fingerprint density at radius 3 is 2.77 bits per heavy atom. The van der Waals surface area contributed by atoms with E-state index in [1.54, 1.807) is 4.90 Å². The number of halogens is 2. The Morgan fingerprint density at radius 2 is 2.23 bits per heavy atom. The van der Waals surface area contributed by atoms with Crippen molar-refractivity contribution in [2.45, 2.75) is 22.6 Å². The van der Waals surface area contributed by atoms with Crippen LogP contribution in [0.3, 0.4) is 0 Å². The zero-order valence-corrected chi connectivity index (χ0v) is 10.4. The molecule has 3 nitrogen and oxygen atoms in total. The molecule has 1 aliphatic carbocycles. The van der Waals surface area contributed by atoms with Gasteiger partial charge in [0, 0.05) is 22.1 Å². The smallest absolute Gasteiger partial charge is 0.410 e. The second kappa shape index (κ2) is 3.42. The molecule has 1 saturated heterocycles. The third-order valence-corrected chi connectivity index (χ3v) is 5.82. The molecule has 2 aliphatic rings. The lowest BCUT2D eigenvalue weighted by atomic mass is 9.71. The number of fused-ring (bicyclic) bond motifs is 1. The molecule has 0 N–H and O–H groups in total. The summed E-state index contributed by atoms with van der Waals surface area (Å²) in [7, 11) is 0. The molecule has 4 atom stereocenters. The molecule has 0 spiro atoms. The van der Waals surface area contributed by atoms with Crippen molar-refractivity contribution in [2.24, 2.45) is 5.92 Å². The Bertz CT molecular complexity index is 230. The topological polar surface area (TPSA) is 29.5 Å². The fourth-order valence-electron chi connectivity index (χ4n) is 1.93. The van der Waals surface area contributed by atoms with Crippen LogP contribution in [0.15, 0.2) is 0 Å². The minimum atomic E-state index is -0.174. The molecular weight excluding hydrogens is 302 g/mol. The van der Waals surface area contributed by atoms with Gasteiger partial charge < -0.3 is 9.64 Å². The lowest BCUT2D eigenvalue weighted by Gasteiger charge is -2.60.